The Balaban J connectivity index is 1.99. The van der Waals surface area contributed by atoms with Gasteiger partial charge < -0.3 is 10.1 Å². The van der Waals surface area contributed by atoms with Crippen LogP contribution in [0.1, 0.15) is 6.92 Å². The third-order valence-electron chi connectivity index (χ3n) is 2.15. The van der Waals surface area contributed by atoms with Crippen molar-refractivity contribution >= 4 is 22.6 Å². The number of ether oxygens (including phenoxy) is 1. The highest BCUT2D eigenvalue weighted by Crippen LogP contribution is 2.22. The molecule has 0 fully saturated rings. The number of thioether (sulfide) groups is 1. The summed E-state index contributed by atoms with van der Waals surface area (Å²) in [6.07, 6.45) is 0. The zero-order valence-electron chi connectivity index (χ0n) is 8.86. The number of hydrogen-bond donors (Lipinski definition) is 1. The third-order valence-corrected chi connectivity index (χ3v) is 3.15. The molecule has 1 aromatic rings. The second-order valence-electron chi connectivity index (χ2n) is 3.43. The number of rotatable bonds is 2. The van der Waals surface area contributed by atoms with Crippen molar-refractivity contribution in [2.24, 2.45) is 4.99 Å². The first-order valence-electron chi connectivity index (χ1n) is 4.90. The van der Waals surface area contributed by atoms with Gasteiger partial charge in [0.25, 0.3) is 0 Å². The Kier molecular flexibility index (Phi) is 3.16. The second-order valence-corrected chi connectivity index (χ2v) is 4.85. The predicted molar refractivity (Wildman–Crippen MR) is 66.0 cm³/mol. The molecule has 0 spiro atoms. The lowest BCUT2D eigenvalue weighted by Crippen LogP contribution is -2.05. The van der Waals surface area contributed by atoms with Gasteiger partial charge >= 0.3 is 0 Å². The molecule has 0 saturated carbocycles. The van der Waals surface area contributed by atoms with Crippen molar-refractivity contribution in [3.63, 3.8) is 0 Å². The zero-order valence-corrected chi connectivity index (χ0v) is 9.67. The highest BCUT2D eigenvalue weighted by Gasteiger charge is 2.14. The largest absolute Gasteiger partial charge is 0.497 e. The van der Waals surface area contributed by atoms with E-state index in [4.69, 9.17) is 4.74 Å². The van der Waals surface area contributed by atoms with Crippen LogP contribution < -0.4 is 10.1 Å². The van der Waals surface area contributed by atoms with Gasteiger partial charge in [-0.1, -0.05) is 18.7 Å². The molecular formula is C11H14N2OS. The summed E-state index contributed by atoms with van der Waals surface area (Å²) in [5.74, 6) is 0.870. The summed E-state index contributed by atoms with van der Waals surface area (Å²) in [7, 11) is 1.67. The van der Waals surface area contributed by atoms with Gasteiger partial charge in [0.15, 0.2) is 5.17 Å². The van der Waals surface area contributed by atoms with Crippen LogP contribution in [0.5, 0.6) is 5.75 Å². The lowest BCUT2D eigenvalue weighted by molar-refractivity contribution is 0.415. The minimum absolute atomic E-state index is 0.589. The molecule has 1 aromatic carbocycles. The van der Waals surface area contributed by atoms with Crippen molar-refractivity contribution in [1.82, 2.24) is 0 Å². The number of anilines is 1. The Bertz CT molecular complexity index is 361. The van der Waals surface area contributed by atoms with Gasteiger partial charge in [0.1, 0.15) is 5.75 Å². The second kappa shape index (κ2) is 4.57. The predicted octanol–water partition coefficient (Wildman–Crippen LogP) is 2.60. The molecule has 0 amide bonds. The minimum Gasteiger partial charge on any atom is -0.497 e. The average molecular weight is 222 g/mol. The molecule has 15 heavy (non-hydrogen) atoms. The van der Waals surface area contributed by atoms with E-state index in [1.165, 1.54) is 0 Å². The smallest absolute Gasteiger partial charge is 0.161 e. The van der Waals surface area contributed by atoms with E-state index < -0.39 is 0 Å². The number of hydrogen-bond acceptors (Lipinski definition) is 4. The van der Waals surface area contributed by atoms with Gasteiger partial charge in [0, 0.05) is 10.9 Å². The summed E-state index contributed by atoms with van der Waals surface area (Å²) in [6.45, 7) is 3.08. The number of methoxy groups -OCH3 is 1. The summed E-state index contributed by atoms with van der Waals surface area (Å²) in [5.41, 5.74) is 1.05. The Labute approximate surface area is 93.9 Å². The molecule has 2 rings (SSSR count). The number of nitrogens with zero attached hydrogens (tertiary/aromatic N) is 1. The topological polar surface area (TPSA) is 33.6 Å². The van der Waals surface area contributed by atoms with Crippen LogP contribution in [0.3, 0.4) is 0 Å². The number of aliphatic imine (C=N–C) groups is 1. The molecule has 1 aliphatic rings. The normalized spacial score (nSPS) is 19.9. The molecular weight excluding hydrogens is 208 g/mol. The van der Waals surface area contributed by atoms with E-state index >= 15 is 0 Å². The first kappa shape index (κ1) is 10.4. The van der Waals surface area contributed by atoms with E-state index in [0.717, 1.165) is 23.1 Å². The SMILES string of the molecule is COc1ccc(NC2=NC[C@@H](C)S2)cc1. The minimum atomic E-state index is 0.589. The molecule has 0 unspecified atom stereocenters. The van der Waals surface area contributed by atoms with Crippen LogP contribution in [0.4, 0.5) is 5.69 Å². The standard InChI is InChI=1S/C11H14N2OS/c1-8-7-12-11(15-8)13-9-3-5-10(14-2)6-4-9/h3-6,8H,7H2,1-2H3,(H,12,13)/t8-/m1/s1. The van der Waals surface area contributed by atoms with Crippen LogP contribution in [-0.2, 0) is 0 Å². The summed E-state index contributed by atoms with van der Waals surface area (Å²) in [4.78, 5) is 4.39. The van der Waals surface area contributed by atoms with Gasteiger partial charge in [-0.2, -0.15) is 0 Å². The van der Waals surface area contributed by atoms with Crippen molar-refractivity contribution in [2.45, 2.75) is 12.2 Å². The lowest BCUT2D eigenvalue weighted by Gasteiger charge is -2.06. The highest BCUT2D eigenvalue weighted by atomic mass is 32.2. The van der Waals surface area contributed by atoms with Crippen molar-refractivity contribution in [2.75, 3.05) is 19.0 Å². The fraction of sp³-hybridized carbons (Fsp3) is 0.364. The first-order chi connectivity index (χ1) is 7.28. The molecule has 1 N–H and O–H groups in total. The molecule has 4 heteroatoms. The number of nitrogens with one attached hydrogen (secondary N) is 1. The third kappa shape index (κ3) is 2.65. The van der Waals surface area contributed by atoms with Gasteiger partial charge in [-0.15, -0.1) is 0 Å². The maximum absolute atomic E-state index is 5.09. The molecule has 0 saturated heterocycles. The van der Waals surface area contributed by atoms with Crippen molar-refractivity contribution in [3.05, 3.63) is 24.3 Å². The first-order valence-corrected chi connectivity index (χ1v) is 5.78. The van der Waals surface area contributed by atoms with Crippen LogP contribution in [0.15, 0.2) is 29.3 Å². The van der Waals surface area contributed by atoms with Crippen LogP contribution in [0.2, 0.25) is 0 Å². The summed E-state index contributed by atoms with van der Waals surface area (Å²) in [6, 6.07) is 7.85. The van der Waals surface area contributed by atoms with Crippen LogP contribution >= 0.6 is 11.8 Å². The van der Waals surface area contributed by atoms with E-state index in [9.17, 15) is 0 Å². The molecule has 0 radical (unpaired) electrons. The quantitative estimate of drug-likeness (QED) is 0.835. The average Bonchev–Trinajstić information content (AvgIpc) is 2.65. The van der Waals surface area contributed by atoms with Gasteiger partial charge in [-0.05, 0) is 24.3 Å². The summed E-state index contributed by atoms with van der Waals surface area (Å²) in [5, 5.41) is 4.88. The van der Waals surface area contributed by atoms with E-state index in [0.29, 0.717) is 5.25 Å². The molecule has 1 aliphatic heterocycles. The number of benzene rings is 1. The van der Waals surface area contributed by atoms with E-state index in [1.807, 2.05) is 24.3 Å². The Morgan fingerprint density at radius 3 is 2.67 bits per heavy atom. The molecule has 1 heterocycles. The molecule has 3 nitrogen and oxygen atoms in total. The molecule has 0 aromatic heterocycles. The maximum Gasteiger partial charge on any atom is 0.161 e. The molecule has 0 aliphatic carbocycles. The summed E-state index contributed by atoms with van der Waals surface area (Å²) >= 11 is 1.78. The number of amidine groups is 1. The van der Waals surface area contributed by atoms with Crippen molar-refractivity contribution < 1.29 is 4.74 Å². The van der Waals surface area contributed by atoms with Gasteiger partial charge in [0.05, 0.1) is 13.7 Å². The molecule has 80 valence electrons. The summed E-state index contributed by atoms with van der Waals surface area (Å²) < 4.78 is 5.09. The Morgan fingerprint density at radius 2 is 2.13 bits per heavy atom. The van der Waals surface area contributed by atoms with Crippen LogP contribution in [-0.4, -0.2) is 24.1 Å². The van der Waals surface area contributed by atoms with Gasteiger partial charge in [-0.3, -0.25) is 4.99 Å². The Morgan fingerprint density at radius 1 is 1.40 bits per heavy atom. The van der Waals surface area contributed by atoms with Crippen molar-refractivity contribution in [3.8, 4) is 5.75 Å². The molecule has 0 bridgehead atoms. The fourth-order valence-electron chi connectivity index (χ4n) is 1.34. The zero-order chi connectivity index (χ0) is 10.7. The van der Waals surface area contributed by atoms with Crippen LogP contribution in [0.25, 0.3) is 0 Å². The van der Waals surface area contributed by atoms with E-state index in [2.05, 4.69) is 17.2 Å². The molecule has 1 atom stereocenters. The van der Waals surface area contributed by atoms with Crippen molar-refractivity contribution in [1.29, 1.82) is 0 Å². The van der Waals surface area contributed by atoms with Crippen LogP contribution in [0, 0.1) is 0 Å². The maximum atomic E-state index is 5.09. The fourth-order valence-corrected chi connectivity index (χ4v) is 2.20. The van der Waals surface area contributed by atoms with Gasteiger partial charge in [-0.25, -0.2) is 0 Å². The van der Waals surface area contributed by atoms with Gasteiger partial charge in [0.2, 0.25) is 0 Å². The lowest BCUT2D eigenvalue weighted by atomic mass is 10.3. The highest BCUT2D eigenvalue weighted by molar-refractivity contribution is 8.15. The van der Waals surface area contributed by atoms with E-state index in [1.54, 1.807) is 18.9 Å². The van der Waals surface area contributed by atoms with E-state index in [-0.39, 0.29) is 0 Å². The monoisotopic (exact) mass is 222 g/mol. The Hall–Kier alpha value is -1.16.